The number of nitrogens with one attached hydrogen (secondary N) is 1. The van der Waals surface area contributed by atoms with Crippen LogP contribution in [0.3, 0.4) is 0 Å². The molecular formula is C26H29FN4O4S. The fourth-order valence-electron chi connectivity index (χ4n) is 4.78. The highest BCUT2D eigenvalue weighted by molar-refractivity contribution is 7.91. The Morgan fingerprint density at radius 1 is 1.06 bits per heavy atom. The molecule has 2 aromatic heterocycles. The number of piperidine rings is 1. The highest BCUT2D eigenvalue weighted by Crippen LogP contribution is 2.27. The van der Waals surface area contributed by atoms with Crippen LogP contribution in [-0.4, -0.2) is 71.0 Å². The Hall–Kier alpha value is -3.27. The van der Waals surface area contributed by atoms with Crippen LogP contribution in [0.2, 0.25) is 0 Å². The first-order chi connectivity index (χ1) is 17.1. The maximum Gasteiger partial charge on any atom is 0.255 e. The first kappa shape index (κ1) is 24.4. The van der Waals surface area contributed by atoms with E-state index in [1.165, 1.54) is 0 Å². The molecule has 190 valence electrons. The largest absolute Gasteiger partial charge is 0.349 e. The number of rotatable bonds is 4. The topological polar surface area (TPSA) is 101 Å². The summed E-state index contributed by atoms with van der Waals surface area (Å²) in [7, 11) is -2.98. The second kappa shape index (κ2) is 9.31. The van der Waals surface area contributed by atoms with E-state index in [0.717, 1.165) is 11.1 Å². The number of hydrogen-bond donors (Lipinski definition) is 1. The summed E-state index contributed by atoms with van der Waals surface area (Å²) in [4.78, 5) is 31.7. The third-order valence-electron chi connectivity index (χ3n) is 7.16. The van der Waals surface area contributed by atoms with Crippen LogP contribution in [0.5, 0.6) is 0 Å². The molecule has 3 aromatic rings. The van der Waals surface area contributed by atoms with Gasteiger partial charge in [-0.15, -0.1) is 0 Å². The lowest BCUT2D eigenvalue weighted by atomic mass is 9.95. The van der Waals surface area contributed by atoms with Gasteiger partial charge >= 0.3 is 0 Å². The van der Waals surface area contributed by atoms with Crippen molar-refractivity contribution in [1.82, 2.24) is 19.8 Å². The molecule has 0 spiro atoms. The molecule has 0 atom stereocenters. The second-order valence-electron chi connectivity index (χ2n) is 9.97. The molecule has 0 aliphatic carbocycles. The number of likely N-dealkylation sites (tertiary alicyclic amines) is 1. The van der Waals surface area contributed by atoms with Crippen LogP contribution in [0.4, 0.5) is 4.39 Å². The van der Waals surface area contributed by atoms with Gasteiger partial charge in [-0.3, -0.25) is 9.59 Å². The van der Waals surface area contributed by atoms with Gasteiger partial charge in [0.2, 0.25) is 0 Å². The van der Waals surface area contributed by atoms with Gasteiger partial charge in [0.1, 0.15) is 21.2 Å². The minimum Gasteiger partial charge on any atom is -0.349 e. The number of aromatic nitrogens is 2. The number of amides is 2. The summed E-state index contributed by atoms with van der Waals surface area (Å²) < 4.78 is 39.1. The summed E-state index contributed by atoms with van der Waals surface area (Å²) >= 11 is 0. The Morgan fingerprint density at radius 3 is 2.39 bits per heavy atom. The van der Waals surface area contributed by atoms with Gasteiger partial charge in [-0.25, -0.2) is 17.8 Å². The zero-order chi connectivity index (χ0) is 25.5. The maximum absolute atomic E-state index is 14.1. The Kier molecular flexibility index (Phi) is 6.32. The first-order valence-electron chi connectivity index (χ1n) is 12.2. The van der Waals surface area contributed by atoms with Gasteiger partial charge in [-0.1, -0.05) is 0 Å². The van der Waals surface area contributed by atoms with E-state index in [2.05, 4.69) is 10.3 Å². The van der Waals surface area contributed by atoms with E-state index in [4.69, 9.17) is 0 Å². The molecule has 0 saturated carbocycles. The minimum atomic E-state index is -2.98. The third-order valence-corrected chi connectivity index (χ3v) is 8.88. The third kappa shape index (κ3) is 5.13. The Labute approximate surface area is 209 Å². The lowest BCUT2D eigenvalue weighted by Gasteiger charge is -2.34. The van der Waals surface area contributed by atoms with Gasteiger partial charge < -0.3 is 14.8 Å². The van der Waals surface area contributed by atoms with Crippen molar-refractivity contribution >= 4 is 32.7 Å². The maximum atomic E-state index is 14.1. The molecule has 0 radical (unpaired) electrons. The smallest absolute Gasteiger partial charge is 0.255 e. The fraction of sp³-hybridized carbons (Fsp3) is 0.423. The number of pyridine rings is 1. The van der Waals surface area contributed by atoms with Crippen molar-refractivity contribution in [2.75, 3.05) is 24.6 Å². The summed E-state index contributed by atoms with van der Waals surface area (Å²) in [5, 5.41) is 3.73. The highest BCUT2D eigenvalue weighted by atomic mass is 32.2. The number of hydrogen-bond acceptors (Lipinski definition) is 5. The molecule has 1 aromatic carbocycles. The molecule has 0 unspecified atom stereocenters. The van der Waals surface area contributed by atoms with Crippen LogP contribution in [0, 0.1) is 0 Å². The second-order valence-corrected chi connectivity index (χ2v) is 12.3. The first-order valence-corrected chi connectivity index (χ1v) is 14.0. The standard InChI is InChI=1S/C26H29FN4O4S/c1-26(27)9-12-30(13-10-26)25(33)20-16-19-6-11-31(23(19)28-17-20)22-4-2-18(3-5-22)24(32)29-21-7-14-36(34,35)15-8-21/h2-6,11,16-17,21H,7-10,12-15H2,1H3,(H,29,32). The molecule has 5 rings (SSSR count). The van der Waals surface area contributed by atoms with Crippen LogP contribution in [0.25, 0.3) is 16.7 Å². The average molecular weight is 513 g/mol. The average Bonchev–Trinajstić information content (AvgIpc) is 3.28. The number of carbonyl (C=O) groups is 2. The number of nitrogens with zero attached hydrogens (tertiary/aromatic N) is 3. The molecule has 0 bridgehead atoms. The summed E-state index contributed by atoms with van der Waals surface area (Å²) in [6, 6.07) is 10.6. The van der Waals surface area contributed by atoms with Gasteiger partial charge in [0.25, 0.3) is 11.8 Å². The molecular weight excluding hydrogens is 483 g/mol. The van der Waals surface area contributed by atoms with Crippen molar-refractivity contribution in [3.05, 3.63) is 59.9 Å². The van der Waals surface area contributed by atoms with Crippen molar-refractivity contribution < 1.29 is 22.4 Å². The molecule has 1 N–H and O–H groups in total. The van der Waals surface area contributed by atoms with Crippen LogP contribution in [0.15, 0.2) is 48.8 Å². The van der Waals surface area contributed by atoms with Crippen molar-refractivity contribution in [2.24, 2.45) is 0 Å². The molecule has 10 heteroatoms. The van der Waals surface area contributed by atoms with Crippen molar-refractivity contribution in [1.29, 1.82) is 0 Å². The zero-order valence-corrected chi connectivity index (χ0v) is 20.9. The normalized spacial score (nSPS) is 19.8. The van der Waals surface area contributed by atoms with E-state index < -0.39 is 15.5 Å². The molecule has 8 nitrogen and oxygen atoms in total. The predicted molar refractivity (Wildman–Crippen MR) is 135 cm³/mol. The number of alkyl halides is 1. The summed E-state index contributed by atoms with van der Waals surface area (Å²) in [6.07, 6.45) is 4.95. The van der Waals surface area contributed by atoms with Crippen molar-refractivity contribution in [2.45, 2.75) is 44.3 Å². The number of halogens is 1. The van der Waals surface area contributed by atoms with Crippen LogP contribution < -0.4 is 5.32 Å². The quantitative estimate of drug-likeness (QED) is 0.578. The van der Waals surface area contributed by atoms with Gasteiger partial charge in [0.05, 0.1) is 17.1 Å². The molecule has 2 aliphatic rings. The number of fused-ring (bicyclic) bond motifs is 1. The Balaban J connectivity index is 1.27. The van der Waals surface area contributed by atoms with E-state index in [9.17, 15) is 22.4 Å². The van der Waals surface area contributed by atoms with Crippen LogP contribution >= 0.6 is 0 Å². The Bertz CT molecular complexity index is 1390. The lowest BCUT2D eigenvalue weighted by Crippen LogP contribution is -2.43. The van der Waals surface area contributed by atoms with E-state index in [1.807, 2.05) is 29.0 Å². The Morgan fingerprint density at radius 2 is 1.72 bits per heavy atom. The fourth-order valence-corrected chi connectivity index (χ4v) is 6.28. The highest BCUT2D eigenvalue weighted by Gasteiger charge is 2.32. The van der Waals surface area contributed by atoms with E-state index >= 15 is 0 Å². The van der Waals surface area contributed by atoms with Crippen molar-refractivity contribution in [3.63, 3.8) is 0 Å². The molecule has 4 heterocycles. The van der Waals surface area contributed by atoms with Gasteiger partial charge in [-0.2, -0.15) is 0 Å². The van der Waals surface area contributed by atoms with Gasteiger partial charge in [-0.05, 0) is 69.0 Å². The molecule has 36 heavy (non-hydrogen) atoms. The summed E-state index contributed by atoms with van der Waals surface area (Å²) in [6.45, 7) is 2.37. The number of sulfone groups is 1. The number of carbonyl (C=O) groups excluding carboxylic acids is 2. The SMILES string of the molecule is CC1(F)CCN(C(=O)c2cnc3c(ccn3-c3ccc(C(=O)NC4CCS(=O)(=O)CC4)cc3)c2)CC1. The van der Waals surface area contributed by atoms with Gasteiger partial charge in [0.15, 0.2) is 0 Å². The zero-order valence-electron chi connectivity index (χ0n) is 20.1. The van der Waals surface area contributed by atoms with Crippen LogP contribution in [-0.2, 0) is 9.84 Å². The summed E-state index contributed by atoms with van der Waals surface area (Å²) in [5.74, 6) is -0.158. The van der Waals surface area contributed by atoms with E-state index in [-0.39, 0.29) is 29.4 Å². The molecule has 2 fully saturated rings. The molecule has 2 saturated heterocycles. The molecule has 2 aliphatic heterocycles. The van der Waals surface area contributed by atoms with Crippen LogP contribution in [0.1, 0.15) is 53.3 Å². The van der Waals surface area contributed by atoms with Gasteiger partial charge in [0, 0.05) is 48.2 Å². The summed E-state index contributed by atoms with van der Waals surface area (Å²) in [5.41, 5.74) is 1.25. The monoisotopic (exact) mass is 512 g/mol. The predicted octanol–water partition coefficient (Wildman–Crippen LogP) is 3.30. The van der Waals surface area contributed by atoms with Crippen molar-refractivity contribution in [3.8, 4) is 5.69 Å². The number of benzene rings is 1. The van der Waals surface area contributed by atoms with E-state index in [0.29, 0.717) is 55.5 Å². The lowest BCUT2D eigenvalue weighted by molar-refractivity contribution is 0.0503. The minimum absolute atomic E-state index is 0.104. The molecule has 2 amide bonds. The van der Waals surface area contributed by atoms with E-state index in [1.54, 1.807) is 36.2 Å².